The molecule has 132 valence electrons. The molecule has 1 aliphatic carbocycles. The Balaban J connectivity index is 1.28. The number of hydrogen-bond donors (Lipinski definition) is 1. The average Bonchev–Trinajstić information content (AvgIpc) is 3.26. The number of nitrogens with zero attached hydrogens (tertiary/aromatic N) is 1. The van der Waals surface area contributed by atoms with Gasteiger partial charge in [-0.15, -0.1) is 0 Å². The fraction of sp³-hybridized carbons (Fsp3) is 0.450. The highest BCUT2D eigenvalue weighted by atomic mass is 16.5. The number of benzene rings is 1. The van der Waals surface area contributed by atoms with Gasteiger partial charge in [0.25, 0.3) is 0 Å². The van der Waals surface area contributed by atoms with Gasteiger partial charge in [-0.05, 0) is 29.7 Å². The maximum Gasteiger partial charge on any atom is 0.224 e. The van der Waals surface area contributed by atoms with E-state index in [4.69, 9.17) is 9.15 Å². The summed E-state index contributed by atoms with van der Waals surface area (Å²) in [7, 11) is 0. The third-order valence-electron chi connectivity index (χ3n) is 5.00. The molecular weight excluding hydrogens is 316 g/mol. The zero-order valence-electron chi connectivity index (χ0n) is 14.3. The Hall–Kier alpha value is -2.11. The van der Waals surface area contributed by atoms with Crippen LogP contribution >= 0.6 is 0 Å². The molecule has 1 saturated heterocycles. The minimum atomic E-state index is 0.0580. The maximum atomic E-state index is 12.3. The fourth-order valence-corrected chi connectivity index (χ4v) is 3.48. The van der Waals surface area contributed by atoms with Crippen molar-refractivity contribution < 1.29 is 13.9 Å². The smallest absolute Gasteiger partial charge is 0.224 e. The van der Waals surface area contributed by atoms with Gasteiger partial charge in [-0.3, -0.25) is 9.69 Å². The lowest BCUT2D eigenvalue weighted by atomic mass is 10.1. The van der Waals surface area contributed by atoms with Crippen molar-refractivity contribution in [1.82, 2.24) is 10.2 Å². The van der Waals surface area contributed by atoms with E-state index in [9.17, 15) is 4.79 Å². The van der Waals surface area contributed by atoms with Gasteiger partial charge in [0.2, 0.25) is 5.91 Å². The van der Waals surface area contributed by atoms with Gasteiger partial charge in [-0.2, -0.15) is 0 Å². The van der Waals surface area contributed by atoms with Gasteiger partial charge in [0, 0.05) is 38.0 Å². The molecule has 2 unspecified atom stereocenters. The van der Waals surface area contributed by atoms with E-state index < -0.39 is 0 Å². The lowest BCUT2D eigenvalue weighted by Gasteiger charge is -2.26. The Morgan fingerprint density at radius 1 is 1.16 bits per heavy atom. The molecule has 0 bridgehead atoms. The number of morpholine rings is 1. The van der Waals surface area contributed by atoms with E-state index in [0.29, 0.717) is 6.54 Å². The van der Waals surface area contributed by atoms with Crippen molar-refractivity contribution in [3.63, 3.8) is 0 Å². The standard InChI is InChI=1S/C20H24N2O3/c23-20(18-12-17(18)19-5-2-8-25-19)21-13-15-3-1-4-16(11-15)14-22-6-9-24-10-7-22/h1-5,8,11,17-18H,6-7,9-10,12-14H2,(H,21,23). The van der Waals surface area contributed by atoms with Crippen molar-refractivity contribution >= 4 is 5.91 Å². The molecule has 0 radical (unpaired) electrons. The molecule has 2 aliphatic rings. The third kappa shape index (κ3) is 4.11. The molecule has 5 heteroatoms. The Kier molecular flexibility index (Phi) is 4.85. The number of furan rings is 1. The predicted octanol–water partition coefficient (Wildman–Crippen LogP) is 2.53. The van der Waals surface area contributed by atoms with E-state index in [0.717, 1.165) is 50.6 Å². The van der Waals surface area contributed by atoms with Gasteiger partial charge in [-0.25, -0.2) is 0 Å². The SMILES string of the molecule is O=C(NCc1cccc(CN2CCOCC2)c1)C1CC1c1ccco1. The van der Waals surface area contributed by atoms with Crippen molar-refractivity contribution in [3.05, 3.63) is 59.5 Å². The van der Waals surface area contributed by atoms with Crippen LogP contribution in [0.25, 0.3) is 0 Å². The molecule has 1 aliphatic heterocycles. The second-order valence-electron chi connectivity index (χ2n) is 6.89. The molecule has 1 amide bonds. The topological polar surface area (TPSA) is 54.7 Å². The fourth-order valence-electron chi connectivity index (χ4n) is 3.48. The highest BCUT2D eigenvalue weighted by molar-refractivity contribution is 5.82. The molecule has 2 aromatic rings. The highest BCUT2D eigenvalue weighted by Crippen LogP contribution is 2.47. The Bertz CT molecular complexity index is 707. The summed E-state index contributed by atoms with van der Waals surface area (Å²) in [6.07, 6.45) is 2.55. The van der Waals surface area contributed by atoms with Crippen LogP contribution in [0.1, 0.15) is 29.2 Å². The number of carbonyl (C=O) groups is 1. The summed E-state index contributed by atoms with van der Waals surface area (Å²) in [5.41, 5.74) is 2.43. The molecule has 1 aromatic heterocycles. The van der Waals surface area contributed by atoms with E-state index in [1.54, 1.807) is 6.26 Å². The van der Waals surface area contributed by atoms with E-state index in [-0.39, 0.29) is 17.7 Å². The minimum Gasteiger partial charge on any atom is -0.469 e. The van der Waals surface area contributed by atoms with E-state index in [1.165, 1.54) is 5.56 Å². The van der Waals surface area contributed by atoms with Crippen LogP contribution in [0.2, 0.25) is 0 Å². The first-order chi connectivity index (χ1) is 12.3. The second-order valence-corrected chi connectivity index (χ2v) is 6.89. The number of hydrogen-bond acceptors (Lipinski definition) is 4. The summed E-state index contributed by atoms with van der Waals surface area (Å²) in [5, 5.41) is 3.07. The van der Waals surface area contributed by atoms with Gasteiger partial charge in [-0.1, -0.05) is 24.3 Å². The number of nitrogens with one attached hydrogen (secondary N) is 1. The van der Waals surface area contributed by atoms with Crippen LogP contribution in [-0.2, 0) is 22.6 Å². The molecule has 2 fully saturated rings. The van der Waals surface area contributed by atoms with Crippen molar-refractivity contribution in [2.45, 2.75) is 25.4 Å². The Morgan fingerprint density at radius 3 is 2.80 bits per heavy atom. The maximum absolute atomic E-state index is 12.3. The van der Waals surface area contributed by atoms with Crippen LogP contribution in [0.15, 0.2) is 47.1 Å². The first-order valence-corrected chi connectivity index (χ1v) is 8.98. The van der Waals surface area contributed by atoms with Crippen LogP contribution in [0.3, 0.4) is 0 Å². The summed E-state index contributed by atoms with van der Waals surface area (Å²) >= 11 is 0. The van der Waals surface area contributed by atoms with Crippen LogP contribution in [0.5, 0.6) is 0 Å². The molecule has 4 rings (SSSR count). The van der Waals surface area contributed by atoms with Gasteiger partial charge in [0.05, 0.1) is 19.5 Å². The normalized spacial score (nSPS) is 23.4. The molecule has 25 heavy (non-hydrogen) atoms. The molecule has 1 saturated carbocycles. The zero-order valence-corrected chi connectivity index (χ0v) is 14.3. The summed E-state index contributed by atoms with van der Waals surface area (Å²) in [4.78, 5) is 14.7. The van der Waals surface area contributed by atoms with E-state index in [2.05, 4.69) is 34.5 Å². The largest absolute Gasteiger partial charge is 0.469 e. The predicted molar refractivity (Wildman–Crippen MR) is 93.9 cm³/mol. The summed E-state index contributed by atoms with van der Waals surface area (Å²) in [6, 6.07) is 12.3. The van der Waals surface area contributed by atoms with Crippen LogP contribution in [0.4, 0.5) is 0 Å². The molecule has 1 N–H and O–H groups in total. The lowest BCUT2D eigenvalue weighted by molar-refractivity contribution is -0.122. The number of rotatable bonds is 6. The Labute approximate surface area is 148 Å². The van der Waals surface area contributed by atoms with Crippen molar-refractivity contribution in [2.75, 3.05) is 26.3 Å². The number of ether oxygens (including phenoxy) is 1. The van der Waals surface area contributed by atoms with Gasteiger partial charge >= 0.3 is 0 Å². The average molecular weight is 340 g/mol. The lowest BCUT2D eigenvalue weighted by Crippen LogP contribution is -2.35. The second kappa shape index (κ2) is 7.42. The molecule has 0 spiro atoms. The highest BCUT2D eigenvalue weighted by Gasteiger charge is 2.45. The number of amides is 1. The van der Waals surface area contributed by atoms with Crippen LogP contribution in [0, 0.1) is 5.92 Å². The third-order valence-corrected chi connectivity index (χ3v) is 5.00. The molecule has 1 aromatic carbocycles. The quantitative estimate of drug-likeness (QED) is 0.878. The van der Waals surface area contributed by atoms with Crippen molar-refractivity contribution in [1.29, 1.82) is 0 Å². The Morgan fingerprint density at radius 2 is 2.00 bits per heavy atom. The first-order valence-electron chi connectivity index (χ1n) is 8.98. The molecule has 5 nitrogen and oxygen atoms in total. The number of carbonyl (C=O) groups excluding carboxylic acids is 1. The van der Waals surface area contributed by atoms with Crippen molar-refractivity contribution in [3.8, 4) is 0 Å². The van der Waals surface area contributed by atoms with Crippen molar-refractivity contribution in [2.24, 2.45) is 5.92 Å². The van der Waals surface area contributed by atoms with E-state index in [1.807, 2.05) is 12.1 Å². The van der Waals surface area contributed by atoms with E-state index >= 15 is 0 Å². The minimum absolute atomic E-state index is 0.0580. The van der Waals surface area contributed by atoms with Gasteiger partial charge < -0.3 is 14.5 Å². The summed E-state index contributed by atoms with van der Waals surface area (Å²) in [5.74, 6) is 1.36. The van der Waals surface area contributed by atoms with Gasteiger partial charge in [0.15, 0.2) is 0 Å². The molecule has 2 heterocycles. The zero-order chi connectivity index (χ0) is 17.1. The van der Waals surface area contributed by atoms with Crippen LogP contribution < -0.4 is 5.32 Å². The molecule has 2 atom stereocenters. The summed E-state index contributed by atoms with van der Waals surface area (Å²) < 4.78 is 10.8. The summed E-state index contributed by atoms with van der Waals surface area (Å²) in [6.45, 7) is 5.11. The molecular formula is C20H24N2O3. The van der Waals surface area contributed by atoms with Crippen LogP contribution in [-0.4, -0.2) is 37.1 Å². The van der Waals surface area contributed by atoms with Gasteiger partial charge in [0.1, 0.15) is 5.76 Å². The first kappa shape index (κ1) is 16.4. The monoisotopic (exact) mass is 340 g/mol.